The molecule has 0 radical (unpaired) electrons. The summed E-state index contributed by atoms with van der Waals surface area (Å²) in [5.41, 5.74) is 1.17. The van der Waals surface area contributed by atoms with Gasteiger partial charge in [0, 0.05) is 31.4 Å². The number of likely N-dealkylation sites (tertiary alicyclic amines) is 1. The fourth-order valence-corrected chi connectivity index (χ4v) is 3.89. The van der Waals surface area contributed by atoms with Crippen LogP contribution in [0.5, 0.6) is 5.75 Å². The second-order valence-electron chi connectivity index (χ2n) is 6.76. The van der Waals surface area contributed by atoms with Crippen LogP contribution in [0.2, 0.25) is 0 Å². The van der Waals surface area contributed by atoms with Crippen LogP contribution in [0.1, 0.15) is 36.8 Å². The molecule has 5 nitrogen and oxygen atoms in total. The van der Waals surface area contributed by atoms with Crippen LogP contribution in [-0.4, -0.2) is 40.8 Å². The molecule has 5 heteroatoms. The number of ether oxygens (including phenoxy) is 1. The van der Waals surface area contributed by atoms with Crippen LogP contribution in [0.15, 0.2) is 42.7 Å². The van der Waals surface area contributed by atoms with E-state index in [4.69, 9.17) is 4.74 Å². The largest absolute Gasteiger partial charge is 0.496 e. The zero-order valence-electron chi connectivity index (χ0n) is 14.0. The van der Waals surface area contributed by atoms with Crippen molar-refractivity contribution in [3.8, 4) is 5.75 Å². The van der Waals surface area contributed by atoms with Gasteiger partial charge in [0.1, 0.15) is 5.75 Å². The van der Waals surface area contributed by atoms with E-state index in [1.807, 2.05) is 40.0 Å². The van der Waals surface area contributed by atoms with Gasteiger partial charge in [0.15, 0.2) is 0 Å². The van der Waals surface area contributed by atoms with Crippen LogP contribution < -0.4 is 4.74 Å². The predicted molar refractivity (Wildman–Crippen MR) is 90.9 cm³/mol. The lowest BCUT2D eigenvalue weighted by Crippen LogP contribution is -2.41. The van der Waals surface area contributed by atoms with Gasteiger partial charge >= 0.3 is 0 Å². The van der Waals surface area contributed by atoms with Crippen LogP contribution in [0.25, 0.3) is 0 Å². The van der Waals surface area contributed by atoms with Crippen molar-refractivity contribution < 1.29 is 9.53 Å². The smallest absolute Gasteiger partial charge is 0.226 e. The summed E-state index contributed by atoms with van der Waals surface area (Å²) in [5.74, 6) is 1.60. The van der Waals surface area contributed by atoms with E-state index in [9.17, 15) is 4.79 Å². The molecule has 1 aliphatic heterocycles. The second kappa shape index (κ2) is 6.30. The molecule has 1 aromatic heterocycles. The van der Waals surface area contributed by atoms with E-state index in [1.165, 1.54) is 5.56 Å². The number of piperidine rings is 1. The maximum absolute atomic E-state index is 12.9. The van der Waals surface area contributed by atoms with Crippen molar-refractivity contribution in [1.29, 1.82) is 0 Å². The number of amides is 1. The highest BCUT2D eigenvalue weighted by atomic mass is 16.5. The maximum Gasteiger partial charge on any atom is 0.226 e. The summed E-state index contributed by atoms with van der Waals surface area (Å²) >= 11 is 0. The number of nitrogens with zero attached hydrogens (tertiary/aromatic N) is 3. The minimum Gasteiger partial charge on any atom is -0.496 e. The molecular formula is C19H23N3O2. The Bertz CT molecular complexity index is 713. The molecule has 126 valence electrons. The third-order valence-electron chi connectivity index (χ3n) is 5.25. The summed E-state index contributed by atoms with van der Waals surface area (Å²) in [7, 11) is 1.69. The van der Waals surface area contributed by atoms with E-state index < -0.39 is 0 Å². The van der Waals surface area contributed by atoms with Gasteiger partial charge in [-0.25, -0.2) is 0 Å². The number of rotatable bonds is 4. The Balaban J connectivity index is 1.43. The van der Waals surface area contributed by atoms with Crippen LogP contribution >= 0.6 is 0 Å². The van der Waals surface area contributed by atoms with Gasteiger partial charge in [-0.15, -0.1) is 0 Å². The zero-order valence-corrected chi connectivity index (χ0v) is 14.0. The van der Waals surface area contributed by atoms with Gasteiger partial charge in [-0.05, 0) is 42.9 Å². The van der Waals surface area contributed by atoms with Gasteiger partial charge in [0.05, 0.1) is 13.2 Å². The molecule has 1 amide bonds. The summed E-state index contributed by atoms with van der Waals surface area (Å²) in [5, 5.41) is 4.34. The summed E-state index contributed by atoms with van der Waals surface area (Å²) in [6, 6.07) is 10.3. The summed E-state index contributed by atoms with van der Waals surface area (Å²) in [6.45, 7) is 1.64. The molecule has 3 unspecified atom stereocenters. The zero-order chi connectivity index (χ0) is 16.5. The Kier molecular flexibility index (Phi) is 4.00. The summed E-state index contributed by atoms with van der Waals surface area (Å²) in [4.78, 5) is 15.0. The molecule has 1 saturated carbocycles. The average molecular weight is 325 g/mol. The number of methoxy groups -OCH3 is 1. The van der Waals surface area contributed by atoms with Crippen LogP contribution in [0.3, 0.4) is 0 Å². The number of aromatic nitrogens is 2. The highest BCUT2D eigenvalue weighted by molar-refractivity contribution is 5.83. The van der Waals surface area contributed by atoms with Crippen LogP contribution in [-0.2, 0) is 4.79 Å². The number of para-hydroxylation sites is 1. The molecule has 1 aromatic carbocycles. The number of benzene rings is 1. The van der Waals surface area contributed by atoms with Crippen molar-refractivity contribution in [2.75, 3.05) is 20.2 Å². The molecule has 2 aromatic rings. The Morgan fingerprint density at radius 1 is 1.29 bits per heavy atom. The first kappa shape index (κ1) is 15.2. The average Bonchev–Trinajstić information content (AvgIpc) is 3.24. The van der Waals surface area contributed by atoms with Gasteiger partial charge in [-0.2, -0.15) is 5.10 Å². The molecule has 0 N–H and O–H groups in total. The maximum atomic E-state index is 12.9. The normalized spacial score (nSPS) is 26.2. The lowest BCUT2D eigenvalue weighted by molar-refractivity contribution is -0.134. The molecule has 0 bridgehead atoms. The predicted octanol–water partition coefficient (Wildman–Crippen LogP) is 2.86. The summed E-state index contributed by atoms with van der Waals surface area (Å²) < 4.78 is 7.44. The number of hydrogen-bond acceptors (Lipinski definition) is 3. The molecule has 2 aliphatic rings. The molecule has 2 fully saturated rings. The van der Waals surface area contributed by atoms with Gasteiger partial charge < -0.3 is 9.64 Å². The highest BCUT2D eigenvalue weighted by Gasteiger charge is 2.47. The van der Waals surface area contributed by atoms with Crippen molar-refractivity contribution in [1.82, 2.24) is 14.7 Å². The molecule has 0 spiro atoms. The topological polar surface area (TPSA) is 47.4 Å². The fraction of sp³-hybridized carbons (Fsp3) is 0.474. The second-order valence-corrected chi connectivity index (χ2v) is 6.76. The molecule has 24 heavy (non-hydrogen) atoms. The van der Waals surface area contributed by atoms with E-state index in [-0.39, 0.29) is 5.92 Å². The first-order chi connectivity index (χ1) is 11.8. The van der Waals surface area contributed by atoms with E-state index in [0.717, 1.165) is 38.1 Å². The van der Waals surface area contributed by atoms with Crippen molar-refractivity contribution in [2.24, 2.45) is 5.92 Å². The van der Waals surface area contributed by atoms with Crippen molar-refractivity contribution in [2.45, 2.75) is 31.2 Å². The highest BCUT2D eigenvalue weighted by Crippen LogP contribution is 2.51. The van der Waals surface area contributed by atoms with E-state index in [2.05, 4.69) is 11.2 Å². The fourth-order valence-electron chi connectivity index (χ4n) is 3.89. The van der Waals surface area contributed by atoms with Crippen molar-refractivity contribution >= 4 is 5.91 Å². The SMILES string of the molecule is COc1ccccc1C1CC1C(=O)N1CCCC(n2cccn2)C1. The molecular weight excluding hydrogens is 302 g/mol. The lowest BCUT2D eigenvalue weighted by atomic mass is 10.0. The molecule has 3 atom stereocenters. The van der Waals surface area contributed by atoms with Crippen LogP contribution in [0.4, 0.5) is 0 Å². The van der Waals surface area contributed by atoms with E-state index in [1.54, 1.807) is 13.3 Å². The van der Waals surface area contributed by atoms with Gasteiger partial charge in [-0.3, -0.25) is 9.48 Å². The Labute approximate surface area is 142 Å². The molecule has 1 aliphatic carbocycles. The van der Waals surface area contributed by atoms with Gasteiger partial charge in [-0.1, -0.05) is 18.2 Å². The number of carbonyl (C=O) groups is 1. The first-order valence-electron chi connectivity index (χ1n) is 8.68. The van der Waals surface area contributed by atoms with Crippen molar-refractivity contribution in [3.05, 3.63) is 48.3 Å². The Morgan fingerprint density at radius 2 is 2.17 bits per heavy atom. The Morgan fingerprint density at radius 3 is 2.96 bits per heavy atom. The third kappa shape index (κ3) is 2.79. The number of carbonyl (C=O) groups excluding carboxylic acids is 1. The quantitative estimate of drug-likeness (QED) is 0.868. The minimum absolute atomic E-state index is 0.109. The third-order valence-corrected chi connectivity index (χ3v) is 5.25. The Hall–Kier alpha value is -2.30. The molecule has 1 saturated heterocycles. The lowest BCUT2D eigenvalue weighted by Gasteiger charge is -2.33. The van der Waals surface area contributed by atoms with Crippen LogP contribution in [0, 0.1) is 5.92 Å². The number of hydrogen-bond donors (Lipinski definition) is 0. The first-order valence-corrected chi connectivity index (χ1v) is 8.68. The minimum atomic E-state index is 0.109. The van der Waals surface area contributed by atoms with Crippen molar-refractivity contribution in [3.63, 3.8) is 0 Å². The van der Waals surface area contributed by atoms with Gasteiger partial charge in [0.25, 0.3) is 0 Å². The van der Waals surface area contributed by atoms with E-state index >= 15 is 0 Å². The standard InChI is InChI=1S/C19H23N3O2/c1-24-18-8-3-2-7-15(18)16-12-17(16)19(23)21-10-4-6-14(13-21)22-11-5-9-20-22/h2-3,5,7-9,11,14,16-17H,4,6,10,12-13H2,1H3. The summed E-state index contributed by atoms with van der Waals surface area (Å²) in [6.07, 6.45) is 6.86. The molecule has 4 rings (SSSR count). The van der Waals surface area contributed by atoms with E-state index in [0.29, 0.717) is 17.9 Å². The van der Waals surface area contributed by atoms with Gasteiger partial charge in [0.2, 0.25) is 5.91 Å². The molecule has 2 heterocycles. The monoisotopic (exact) mass is 325 g/mol.